The minimum absolute atomic E-state index is 0.987. The van der Waals surface area contributed by atoms with Crippen LogP contribution in [0.4, 0.5) is 0 Å². The summed E-state index contributed by atoms with van der Waals surface area (Å²) in [6, 6.07) is 10.4. The van der Waals surface area contributed by atoms with E-state index in [1.54, 1.807) is 0 Å². The lowest BCUT2D eigenvalue weighted by Crippen LogP contribution is -1.92. The van der Waals surface area contributed by atoms with Crippen molar-refractivity contribution in [1.29, 1.82) is 0 Å². The Morgan fingerprint density at radius 3 is 2.38 bits per heavy atom. The highest BCUT2D eigenvalue weighted by Crippen LogP contribution is 2.27. The Labute approximate surface area is 102 Å². The highest BCUT2D eigenvalue weighted by Gasteiger charge is 2.06. The highest BCUT2D eigenvalue weighted by atomic mass is 32.1. The Hall–Kier alpha value is -1.28. The van der Waals surface area contributed by atoms with Crippen molar-refractivity contribution in [2.45, 2.75) is 25.7 Å². The maximum absolute atomic E-state index is 4.50. The molecule has 1 nitrogen and oxygen atoms in total. The van der Waals surface area contributed by atoms with Crippen molar-refractivity contribution in [3.05, 3.63) is 47.3 Å². The van der Waals surface area contributed by atoms with Crippen LogP contribution in [0.5, 0.6) is 0 Å². The average Bonchev–Trinajstić information content (AvgIpc) is 2.22. The summed E-state index contributed by atoms with van der Waals surface area (Å²) < 4.78 is 0. The molecule has 0 bridgehead atoms. The van der Waals surface area contributed by atoms with Crippen molar-refractivity contribution in [2.24, 2.45) is 0 Å². The van der Waals surface area contributed by atoms with Crippen molar-refractivity contribution in [3.63, 3.8) is 0 Å². The van der Waals surface area contributed by atoms with E-state index in [1.807, 2.05) is 26.0 Å². The van der Waals surface area contributed by atoms with E-state index in [9.17, 15) is 0 Å². The predicted octanol–water partition coefficient (Wildman–Crippen LogP) is 3.96. The van der Waals surface area contributed by atoms with E-state index in [4.69, 9.17) is 0 Å². The maximum atomic E-state index is 4.50. The van der Waals surface area contributed by atoms with Gasteiger partial charge in [0, 0.05) is 21.8 Å². The lowest BCUT2D eigenvalue weighted by atomic mass is 9.99. The van der Waals surface area contributed by atoms with Gasteiger partial charge in [-0.05, 0) is 50.1 Å². The Morgan fingerprint density at radius 1 is 0.938 bits per heavy atom. The van der Waals surface area contributed by atoms with Crippen LogP contribution in [-0.4, -0.2) is 4.98 Å². The number of thiol groups is 1. The molecule has 0 saturated carbocycles. The SMILES string of the molecule is Cc1ccc(-c2cc(S)ccc2C)c(C)n1. The molecule has 1 heterocycles. The first-order valence-corrected chi connectivity index (χ1v) is 5.77. The summed E-state index contributed by atoms with van der Waals surface area (Å²) in [6.07, 6.45) is 0. The summed E-state index contributed by atoms with van der Waals surface area (Å²) in [6.45, 7) is 6.17. The van der Waals surface area contributed by atoms with Crippen molar-refractivity contribution < 1.29 is 0 Å². The normalized spacial score (nSPS) is 10.5. The summed E-state index contributed by atoms with van der Waals surface area (Å²) >= 11 is 4.39. The van der Waals surface area contributed by atoms with E-state index < -0.39 is 0 Å². The fourth-order valence-corrected chi connectivity index (χ4v) is 2.08. The van der Waals surface area contributed by atoms with Crippen LogP contribution < -0.4 is 0 Å². The molecule has 1 aromatic carbocycles. The van der Waals surface area contributed by atoms with E-state index in [0.717, 1.165) is 16.3 Å². The standard InChI is InChI=1S/C14H15NS/c1-9-4-6-12(16)8-14(9)13-7-5-10(2)15-11(13)3/h4-8,16H,1-3H3. The van der Waals surface area contributed by atoms with Gasteiger partial charge in [0.25, 0.3) is 0 Å². The Bertz CT molecular complexity index is 532. The van der Waals surface area contributed by atoms with Gasteiger partial charge < -0.3 is 0 Å². The molecular formula is C14H15NS. The molecule has 0 amide bonds. The monoisotopic (exact) mass is 229 g/mol. The van der Waals surface area contributed by atoms with Crippen molar-refractivity contribution in [1.82, 2.24) is 4.98 Å². The molecule has 2 aromatic rings. The average molecular weight is 229 g/mol. The van der Waals surface area contributed by atoms with E-state index in [0.29, 0.717) is 0 Å². The molecule has 0 spiro atoms. The molecule has 2 rings (SSSR count). The van der Waals surface area contributed by atoms with Gasteiger partial charge in [0.05, 0.1) is 0 Å². The highest BCUT2D eigenvalue weighted by molar-refractivity contribution is 7.80. The first-order chi connectivity index (χ1) is 7.58. The predicted molar refractivity (Wildman–Crippen MR) is 71.1 cm³/mol. The van der Waals surface area contributed by atoms with Crippen molar-refractivity contribution in [3.8, 4) is 11.1 Å². The van der Waals surface area contributed by atoms with Gasteiger partial charge in [-0.3, -0.25) is 4.98 Å². The molecule has 1 aromatic heterocycles. The van der Waals surface area contributed by atoms with Crippen LogP contribution in [0.3, 0.4) is 0 Å². The third-order valence-corrected chi connectivity index (χ3v) is 3.01. The van der Waals surface area contributed by atoms with Gasteiger partial charge in [-0.25, -0.2) is 0 Å². The summed E-state index contributed by atoms with van der Waals surface area (Å²) in [5.41, 5.74) is 5.80. The fourth-order valence-electron chi connectivity index (χ4n) is 1.87. The molecule has 0 radical (unpaired) electrons. The van der Waals surface area contributed by atoms with Crippen LogP contribution in [0.15, 0.2) is 35.2 Å². The Kier molecular flexibility index (Phi) is 3.01. The van der Waals surface area contributed by atoms with Crippen LogP contribution in [0.2, 0.25) is 0 Å². The molecule has 2 heteroatoms. The van der Waals surface area contributed by atoms with Crippen LogP contribution in [0.25, 0.3) is 11.1 Å². The molecule has 16 heavy (non-hydrogen) atoms. The molecule has 0 saturated heterocycles. The van der Waals surface area contributed by atoms with E-state index in [-0.39, 0.29) is 0 Å². The molecule has 0 fully saturated rings. The van der Waals surface area contributed by atoms with Crippen molar-refractivity contribution >= 4 is 12.6 Å². The van der Waals surface area contributed by atoms with Gasteiger partial charge in [0.2, 0.25) is 0 Å². The summed E-state index contributed by atoms with van der Waals surface area (Å²) in [4.78, 5) is 5.48. The zero-order valence-corrected chi connectivity index (χ0v) is 10.7. The van der Waals surface area contributed by atoms with Crippen LogP contribution in [-0.2, 0) is 0 Å². The second-order valence-corrected chi connectivity index (χ2v) is 4.60. The lowest BCUT2D eigenvalue weighted by Gasteiger charge is -2.10. The maximum Gasteiger partial charge on any atom is 0.0454 e. The second-order valence-electron chi connectivity index (χ2n) is 4.08. The van der Waals surface area contributed by atoms with E-state index >= 15 is 0 Å². The summed E-state index contributed by atoms with van der Waals surface area (Å²) in [7, 11) is 0. The third-order valence-electron chi connectivity index (χ3n) is 2.74. The van der Waals surface area contributed by atoms with E-state index in [1.165, 1.54) is 16.7 Å². The van der Waals surface area contributed by atoms with Crippen LogP contribution >= 0.6 is 12.6 Å². The number of aromatic nitrogens is 1. The van der Waals surface area contributed by atoms with Crippen molar-refractivity contribution in [2.75, 3.05) is 0 Å². The van der Waals surface area contributed by atoms with Gasteiger partial charge in [0.1, 0.15) is 0 Å². The molecule has 0 unspecified atom stereocenters. The lowest BCUT2D eigenvalue weighted by molar-refractivity contribution is 1.12. The van der Waals surface area contributed by atoms with Gasteiger partial charge in [-0.15, -0.1) is 12.6 Å². The zero-order valence-electron chi connectivity index (χ0n) is 9.78. The number of pyridine rings is 1. The van der Waals surface area contributed by atoms with Crippen LogP contribution in [0, 0.1) is 20.8 Å². The number of hydrogen-bond acceptors (Lipinski definition) is 2. The number of aryl methyl sites for hydroxylation is 3. The summed E-state index contributed by atoms with van der Waals surface area (Å²) in [5.74, 6) is 0. The molecule has 0 atom stereocenters. The van der Waals surface area contributed by atoms with E-state index in [2.05, 4.69) is 42.7 Å². The smallest absolute Gasteiger partial charge is 0.0454 e. The number of benzene rings is 1. The first-order valence-electron chi connectivity index (χ1n) is 5.32. The minimum Gasteiger partial charge on any atom is -0.258 e. The second kappa shape index (κ2) is 4.30. The molecule has 0 aliphatic carbocycles. The quantitative estimate of drug-likeness (QED) is 0.730. The van der Waals surface area contributed by atoms with Gasteiger partial charge in [0.15, 0.2) is 0 Å². The molecule has 82 valence electrons. The molecular weight excluding hydrogens is 214 g/mol. The molecule has 0 aliphatic heterocycles. The first kappa shape index (κ1) is 11.2. The number of rotatable bonds is 1. The third kappa shape index (κ3) is 2.12. The number of nitrogens with zero attached hydrogens (tertiary/aromatic N) is 1. The minimum atomic E-state index is 0.987. The Morgan fingerprint density at radius 2 is 1.69 bits per heavy atom. The largest absolute Gasteiger partial charge is 0.258 e. The van der Waals surface area contributed by atoms with Gasteiger partial charge in [-0.1, -0.05) is 12.1 Å². The van der Waals surface area contributed by atoms with Gasteiger partial charge in [-0.2, -0.15) is 0 Å². The topological polar surface area (TPSA) is 12.9 Å². The van der Waals surface area contributed by atoms with Gasteiger partial charge >= 0.3 is 0 Å². The fraction of sp³-hybridized carbons (Fsp3) is 0.214. The number of hydrogen-bond donors (Lipinski definition) is 1. The Balaban J connectivity index is 2.62. The molecule has 0 N–H and O–H groups in total. The summed E-state index contributed by atoms with van der Waals surface area (Å²) in [5, 5.41) is 0. The molecule has 0 aliphatic rings. The zero-order chi connectivity index (χ0) is 11.7. The van der Waals surface area contributed by atoms with Crippen LogP contribution in [0.1, 0.15) is 17.0 Å².